The van der Waals surface area contributed by atoms with Crippen molar-refractivity contribution in [1.82, 2.24) is 0 Å². The van der Waals surface area contributed by atoms with Crippen LogP contribution in [0.2, 0.25) is 0 Å². The molecule has 6 heteroatoms. The largest absolute Gasteiger partial charge is 0.495 e. The molecule has 6 nitrogen and oxygen atoms in total. The van der Waals surface area contributed by atoms with E-state index in [1.807, 2.05) is 6.92 Å². The van der Waals surface area contributed by atoms with Crippen LogP contribution in [0.25, 0.3) is 0 Å². The smallest absolute Gasteiger partial charge is 0.307 e. The van der Waals surface area contributed by atoms with Gasteiger partial charge in [-0.3, -0.25) is 9.59 Å². The number of rotatable bonds is 7. The number of hydrogen-bond acceptors (Lipinski definition) is 5. The zero-order valence-corrected chi connectivity index (χ0v) is 12.9. The lowest BCUT2D eigenvalue weighted by Gasteiger charge is -2.18. The Morgan fingerprint density at radius 2 is 2.05 bits per heavy atom. The zero-order valence-electron chi connectivity index (χ0n) is 12.9. The van der Waals surface area contributed by atoms with Crippen molar-refractivity contribution in [2.24, 2.45) is 0 Å². The summed E-state index contributed by atoms with van der Waals surface area (Å²) in [4.78, 5) is 22.6. The minimum Gasteiger partial charge on any atom is -0.495 e. The predicted octanol–water partition coefficient (Wildman–Crippen LogP) is 2.41. The van der Waals surface area contributed by atoms with E-state index in [0.717, 1.165) is 0 Å². The van der Waals surface area contributed by atoms with Crippen molar-refractivity contribution in [3.63, 3.8) is 0 Å². The van der Waals surface area contributed by atoms with Crippen molar-refractivity contribution >= 4 is 23.3 Å². The quantitative estimate of drug-likeness (QED) is 0.755. The molecular weight excluding hydrogens is 272 g/mol. The maximum absolute atomic E-state index is 11.5. The van der Waals surface area contributed by atoms with Crippen LogP contribution in [0.5, 0.6) is 5.75 Å². The lowest BCUT2D eigenvalue weighted by molar-refractivity contribution is -0.143. The van der Waals surface area contributed by atoms with Crippen molar-refractivity contribution in [2.75, 3.05) is 24.4 Å². The van der Waals surface area contributed by atoms with Crippen LogP contribution in [0, 0.1) is 0 Å². The van der Waals surface area contributed by atoms with Crippen LogP contribution in [-0.2, 0) is 14.3 Å². The van der Waals surface area contributed by atoms with Crippen LogP contribution in [0.15, 0.2) is 18.2 Å². The summed E-state index contributed by atoms with van der Waals surface area (Å²) in [5.74, 6) is 0.236. The molecule has 116 valence electrons. The topological polar surface area (TPSA) is 76.7 Å². The summed E-state index contributed by atoms with van der Waals surface area (Å²) in [7, 11) is 1.56. The van der Waals surface area contributed by atoms with Gasteiger partial charge in [0.25, 0.3) is 0 Å². The second-order valence-corrected chi connectivity index (χ2v) is 4.65. The Balaban J connectivity index is 2.79. The van der Waals surface area contributed by atoms with Gasteiger partial charge in [-0.05, 0) is 32.0 Å². The highest BCUT2D eigenvalue weighted by atomic mass is 16.5. The monoisotopic (exact) mass is 294 g/mol. The maximum atomic E-state index is 11.5. The zero-order chi connectivity index (χ0) is 15.8. The van der Waals surface area contributed by atoms with E-state index >= 15 is 0 Å². The summed E-state index contributed by atoms with van der Waals surface area (Å²) < 4.78 is 10.2. The Bertz CT molecular complexity index is 502. The molecule has 0 aliphatic heterocycles. The van der Waals surface area contributed by atoms with Crippen LogP contribution < -0.4 is 15.4 Å². The van der Waals surface area contributed by atoms with Gasteiger partial charge in [0, 0.05) is 18.7 Å². The standard InChI is InChI=1S/C15H22N2O4/c1-5-21-15(19)8-10(2)16-13-9-12(17-11(3)18)6-7-14(13)20-4/h6-7,9-10,16H,5,8H2,1-4H3,(H,17,18)/t10-/m0/s1. The lowest BCUT2D eigenvalue weighted by Crippen LogP contribution is -2.21. The first-order chi connectivity index (χ1) is 9.96. The Kier molecular flexibility index (Phi) is 6.52. The fourth-order valence-electron chi connectivity index (χ4n) is 1.89. The number of esters is 1. The molecule has 0 bridgehead atoms. The third kappa shape index (κ3) is 5.72. The SMILES string of the molecule is CCOC(=O)C[C@H](C)Nc1cc(NC(C)=O)ccc1OC. The van der Waals surface area contributed by atoms with Gasteiger partial charge in [0.05, 0.1) is 25.8 Å². The van der Waals surface area contributed by atoms with E-state index in [1.54, 1.807) is 32.2 Å². The number of nitrogens with one attached hydrogen (secondary N) is 2. The molecule has 0 fully saturated rings. The summed E-state index contributed by atoms with van der Waals surface area (Å²) in [6.07, 6.45) is 0.251. The Labute approximate surface area is 124 Å². The van der Waals surface area contributed by atoms with Gasteiger partial charge < -0.3 is 20.1 Å². The molecule has 1 aromatic carbocycles. The van der Waals surface area contributed by atoms with Gasteiger partial charge in [-0.1, -0.05) is 0 Å². The predicted molar refractivity (Wildman–Crippen MR) is 81.6 cm³/mol. The molecule has 0 saturated carbocycles. The van der Waals surface area contributed by atoms with Crippen molar-refractivity contribution in [3.8, 4) is 5.75 Å². The first-order valence-electron chi connectivity index (χ1n) is 6.84. The highest BCUT2D eigenvalue weighted by molar-refractivity contribution is 5.89. The summed E-state index contributed by atoms with van der Waals surface area (Å²) in [6.45, 7) is 5.46. The molecule has 0 aromatic heterocycles. The first-order valence-corrected chi connectivity index (χ1v) is 6.84. The molecule has 1 aromatic rings. The molecule has 0 heterocycles. The number of amides is 1. The Morgan fingerprint density at radius 3 is 2.62 bits per heavy atom. The van der Waals surface area contributed by atoms with Gasteiger partial charge in [0.1, 0.15) is 5.75 Å². The number of carbonyl (C=O) groups excluding carboxylic acids is 2. The van der Waals surface area contributed by atoms with Crippen LogP contribution in [0.3, 0.4) is 0 Å². The fraction of sp³-hybridized carbons (Fsp3) is 0.467. The summed E-state index contributed by atoms with van der Waals surface area (Å²) in [5.41, 5.74) is 1.37. The summed E-state index contributed by atoms with van der Waals surface area (Å²) in [5, 5.41) is 5.89. The number of carbonyl (C=O) groups is 2. The fourth-order valence-corrected chi connectivity index (χ4v) is 1.89. The van der Waals surface area contributed by atoms with Crippen molar-refractivity contribution < 1.29 is 19.1 Å². The molecule has 0 saturated heterocycles. The molecule has 21 heavy (non-hydrogen) atoms. The van der Waals surface area contributed by atoms with E-state index in [9.17, 15) is 9.59 Å². The van der Waals surface area contributed by atoms with Crippen molar-refractivity contribution in [2.45, 2.75) is 33.2 Å². The minimum absolute atomic E-state index is 0.120. The molecule has 0 unspecified atom stereocenters. The van der Waals surface area contributed by atoms with Crippen LogP contribution in [-0.4, -0.2) is 31.6 Å². The highest BCUT2D eigenvalue weighted by Crippen LogP contribution is 2.28. The summed E-state index contributed by atoms with van der Waals surface area (Å²) in [6, 6.07) is 5.15. The average Bonchev–Trinajstić information content (AvgIpc) is 2.38. The second-order valence-electron chi connectivity index (χ2n) is 4.65. The number of ether oxygens (including phenoxy) is 2. The number of hydrogen-bond donors (Lipinski definition) is 2. The van der Waals surface area contributed by atoms with Crippen LogP contribution in [0.1, 0.15) is 27.2 Å². The van der Waals surface area contributed by atoms with E-state index in [0.29, 0.717) is 23.7 Å². The normalized spacial score (nSPS) is 11.4. The maximum Gasteiger partial charge on any atom is 0.307 e. The molecule has 0 aliphatic carbocycles. The first kappa shape index (κ1) is 16.8. The average molecular weight is 294 g/mol. The Morgan fingerprint density at radius 1 is 1.33 bits per heavy atom. The highest BCUT2D eigenvalue weighted by Gasteiger charge is 2.12. The molecule has 1 rings (SSSR count). The van der Waals surface area contributed by atoms with Crippen molar-refractivity contribution in [3.05, 3.63) is 18.2 Å². The molecule has 0 radical (unpaired) electrons. The molecular formula is C15H22N2O4. The van der Waals surface area contributed by atoms with E-state index in [4.69, 9.17) is 9.47 Å². The van der Waals surface area contributed by atoms with Gasteiger partial charge in [-0.15, -0.1) is 0 Å². The number of anilines is 2. The van der Waals surface area contributed by atoms with Gasteiger partial charge in [0.15, 0.2) is 0 Å². The Hall–Kier alpha value is -2.24. The third-order valence-electron chi connectivity index (χ3n) is 2.70. The van der Waals surface area contributed by atoms with E-state index < -0.39 is 0 Å². The third-order valence-corrected chi connectivity index (χ3v) is 2.70. The van der Waals surface area contributed by atoms with E-state index in [1.165, 1.54) is 6.92 Å². The molecule has 1 amide bonds. The van der Waals surface area contributed by atoms with Gasteiger partial charge in [0.2, 0.25) is 5.91 Å². The molecule has 1 atom stereocenters. The second kappa shape index (κ2) is 8.14. The van der Waals surface area contributed by atoms with Gasteiger partial charge in [-0.2, -0.15) is 0 Å². The van der Waals surface area contributed by atoms with E-state index in [-0.39, 0.29) is 24.3 Å². The molecule has 2 N–H and O–H groups in total. The van der Waals surface area contributed by atoms with Crippen LogP contribution >= 0.6 is 0 Å². The van der Waals surface area contributed by atoms with Gasteiger partial charge >= 0.3 is 5.97 Å². The molecule has 0 spiro atoms. The van der Waals surface area contributed by atoms with Crippen molar-refractivity contribution in [1.29, 1.82) is 0 Å². The molecule has 0 aliphatic rings. The van der Waals surface area contributed by atoms with E-state index in [2.05, 4.69) is 10.6 Å². The number of benzene rings is 1. The number of methoxy groups -OCH3 is 1. The lowest BCUT2D eigenvalue weighted by atomic mass is 10.2. The van der Waals surface area contributed by atoms with Gasteiger partial charge in [-0.25, -0.2) is 0 Å². The van der Waals surface area contributed by atoms with Crippen LogP contribution in [0.4, 0.5) is 11.4 Å². The minimum atomic E-state index is -0.255. The summed E-state index contributed by atoms with van der Waals surface area (Å²) >= 11 is 0.